The standard InChI is InChI=1S/C67H52/c1-65(2,3)67(66(4,5)6)60-40-43-21-8-7-20-42(43)38-59(60)63-51-29-14-13-28-50(51)57-37-44(34-35-56(57)64(63)67)41-23-19-24-46(36-41)61-52-30-15-17-32-54(52)62(55-33-18-16-31-53(55)61)58-39-45-22-9-10-25-47(45)48-26-11-12-27-49(48)58/h7-40H,1-6H3. The summed E-state index contributed by atoms with van der Waals surface area (Å²) in [6.45, 7) is 14.8. The molecule has 320 valence electrons. The van der Waals surface area contributed by atoms with Gasteiger partial charge >= 0.3 is 0 Å². The molecule has 0 bridgehead atoms. The summed E-state index contributed by atoms with van der Waals surface area (Å²) in [5.41, 5.74) is 12.8. The van der Waals surface area contributed by atoms with Crippen LogP contribution in [0.4, 0.5) is 0 Å². The van der Waals surface area contributed by atoms with Crippen LogP contribution in [0.2, 0.25) is 0 Å². The van der Waals surface area contributed by atoms with Crippen molar-refractivity contribution >= 4 is 75.4 Å². The highest BCUT2D eigenvalue weighted by molar-refractivity contribution is 6.26. The second-order valence-corrected chi connectivity index (χ2v) is 21.2. The molecule has 12 aromatic carbocycles. The van der Waals surface area contributed by atoms with Crippen LogP contribution in [-0.2, 0) is 5.41 Å². The zero-order valence-corrected chi connectivity index (χ0v) is 39.1. The lowest BCUT2D eigenvalue weighted by Gasteiger charge is -2.53. The lowest BCUT2D eigenvalue weighted by atomic mass is 9.49. The van der Waals surface area contributed by atoms with Crippen LogP contribution in [0.25, 0.3) is 120 Å². The van der Waals surface area contributed by atoms with E-state index in [0.717, 1.165) is 0 Å². The first kappa shape index (κ1) is 39.8. The number of benzene rings is 12. The molecule has 0 aliphatic heterocycles. The van der Waals surface area contributed by atoms with Crippen molar-refractivity contribution in [2.75, 3.05) is 0 Å². The van der Waals surface area contributed by atoms with Gasteiger partial charge in [-0.2, -0.15) is 0 Å². The zero-order valence-electron chi connectivity index (χ0n) is 39.1. The Hall–Kier alpha value is -7.54. The Morgan fingerprint density at radius 3 is 1.33 bits per heavy atom. The van der Waals surface area contributed by atoms with Gasteiger partial charge < -0.3 is 0 Å². The Labute approximate surface area is 393 Å². The Kier molecular flexibility index (Phi) is 8.45. The maximum Gasteiger partial charge on any atom is 0.0318 e. The van der Waals surface area contributed by atoms with Gasteiger partial charge in [-0.05, 0) is 172 Å². The van der Waals surface area contributed by atoms with Crippen molar-refractivity contribution in [1.29, 1.82) is 0 Å². The largest absolute Gasteiger partial charge is 0.0616 e. The molecule has 0 atom stereocenters. The van der Waals surface area contributed by atoms with E-state index in [4.69, 9.17) is 0 Å². The molecule has 0 N–H and O–H groups in total. The summed E-state index contributed by atoms with van der Waals surface area (Å²) < 4.78 is 0. The molecule has 67 heavy (non-hydrogen) atoms. The Morgan fingerprint density at radius 1 is 0.269 bits per heavy atom. The van der Waals surface area contributed by atoms with E-state index in [0.29, 0.717) is 0 Å². The maximum atomic E-state index is 2.53. The normalized spacial score (nSPS) is 13.6. The molecule has 0 radical (unpaired) electrons. The van der Waals surface area contributed by atoms with Crippen LogP contribution in [0.1, 0.15) is 52.7 Å². The zero-order chi connectivity index (χ0) is 45.4. The molecule has 0 unspecified atom stereocenters. The van der Waals surface area contributed by atoms with Gasteiger partial charge in [0.1, 0.15) is 0 Å². The molecule has 1 aliphatic carbocycles. The third-order valence-corrected chi connectivity index (χ3v) is 15.7. The van der Waals surface area contributed by atoms with Gasteiger partial charge in [-0.25, -0.2) is 0 Å². The van der Waals surface area contributed by atoms with E-state index < -0.39 is 0 Å². The van der Waals surface area contributed by atoms with Crippen molar-refractivity contribution in [2.24, 2.45) is 10.8 Å². The summed E-state index contributed by atoms with van der Waals surface area (Å²) >= 11 is 0. The number of fused-ring (bicyclic) bond motifs is 14. The molecular weight excluding hydrogens is 805 g/mol. The van der Waals surface area contributed by atoms with Gasteiger partial charge in [0.15, 0.2) is 0 Å². The van der Waals surface area contributed by atoms with E-state index in [-0.39, 0.29) is 16.2 Å². The summed E-state index contributed by atoms with van der Waals surface area (Å²) in [7, 11) is 0. The van der Waals surface area contributed by atoms with Crippen LogP contribution in [0.3, 0.4) is 0 Å². The quantitative estimate of drug-likeness (QED) is 0.123. The fourth-order valence-corrected chi connectivity index (χ4v) is 13.5. The van der Waals surface area contributed by atoms with Gasteiger partial charge in [0.25, 0.3) is 0 Å². The Morgan fingerprint density at radius 2 is 0.716 bits per heavy atom. The minimum absolute atomic E-state index is 0.0986. The van der Waals surface area contributed by atoms with Gasteiger partial charge in [0.2, 0.25) is 0 Å². The minimum atomic E-state index is -0.272. The molecule has 0 aromatic heterocycles. The minimum Gasteiger partial charge on any atom is -0.0616 e. The van der Waals surface area contributed by atoms with Crippen molar-refractivity contribution in [3.8, 4) is 44.5 Å². The highest BCUT2D eigenvalue weighted by Gasteiger charge is 2.58. The second-order valence-electron chi connectivity index (χ2n) is 21.2. The van der Waals surface area contributed by atoms with Crippen LogP contribution < -0.4 is 0 Å². The van der Waals surface area contributed by atoms with E-state index in [1.54, 1.807) is 0 Å². The molecule has 0 fully saturated rings. The monoisotopic (exact) mass is 856 g/mol. The van der Waals surface area contributed by atoms with Gasteiger partial charge in [-0.15, -0.1) is 0 Å². The third kappa shape index (κ3) is 5.54. The van der Waals surface area contributed by atoms with Crippen LogP contribution in [-0.4, -0.2) is 0 Å². The summed E-state index contributed by atoms with van der Waals surface area (Å²) in [5.74, 6) is 0. The number of hydrogen-bond acceptors (Lipinski definition) is 0. The predicted molar refractivity (Wildman–Crippen MR) is 290 cm³/mol. The van der Waals surface area contributed by atoms with Gasteiger partial charge in [-0.3, -0.25) is 0 Å². The summed E-state index contributed by atoms with van der Waals surface area (Å²) in [4.78, 5) is 0. The smallest absolute Gasteiger partial charge is 0.0318 e. The van der Waals surface area contributed by atoms with Crippen molar-refractivity contribution in [3.05, 3.63) is 217 Å². The molecule has 0 heterocycles. The molecule has 12 aromatic rings. The van der Waals surface area contributed by atoms with Crippen molar-refractivity contribution in [1.82, 2.24) is 0 Å². The maximum absolute atomic E-state index is 2.53. The predicted octanol–water partition coefficient (Wildman–Crippen LogP) is 19.1. The van der Waals surface area contributed by atoms with E-state index in [2.05, 4.69) is 248 Å². The average Bonchev–Trinajstić information content (AvgIpc) is 3.67. The Bertz CT molecular complexity index is 3980. The van der Waals surface area contributed by atoms with Crippen LogP contribution in [0.15, 0.2) is 206 Å². The number of rotatable bonds is 3. The Balaban J connectivity index is 1.05. The van der Waals surface area contributed by atoms with Crippen LogP contribution >= 0.6 is 0 Å². The van der Waals surface area contributed by atoms with Crippen molar-refractivity contribution in [3.63, 3.8) is 0 Å². The number of hydrogen-bond donors (Lipinski definition) is 0. The molecule has 0 nitrogen and oxygen atoms in total. The van der Waals surface area contributed by atoms with Crippen molar-refractivity contribution < 1.29 is 0 Å². The lowest BCUT2D eigenvalue weighted by molar-refractivity contribution is 0.0965. The first-order chi connectivity index (χ1) is 32.5. The first-order valence-electron chi connectivity index (χ1n) is 24.0. The van der Waals surface area contributed by atoms with E-state index in [1.807, 2.05) is 0 Å². The highest BCUT2D eigenvalue weighted by Crippen LogP contribution is 2.67. The molecular formula is C67H52. The summed E-state index contributed by atoms with van der Waals surface area (Å²) in [6, 6.07) is 78.1. The third-order valence-electron chi connectivity index (χ3n) is 15.7. The topological polar surface area (TPSA) is 0 Å². The molecule has 0 amide bonds. The van der Waals surface area contributed by atoms with E-state index in [1.165, 1.54) is 131 Å². The van der Waals surface area contributed by atoms with Crippen LogP contribution in [0.5, 0.6) is 0 Å². The lowest BCUT2D eigenvalue weighted by Crippen LogP contribution is -2.50. The molecule has 13 rings (SSSR count). The average molecular weight is 857 g/mol. The SMILES string of the molecule is CC(C)(C)C1(C(C)(C)C)c2cc3ccccc3cc2-c2c1c1ccc(-c3cccc(-c4c5ccccc5c(-c5cc6ccccc6c6ccccc56)c5ccccc45)c3)cc1c1ccccc21. The second kappa shape index (κ2) is 14.2. The fraction of sp³-hybridized carbons (Fsp3) is 0.134. The molecule has 0 spiro atoms. The molecule has 0 heteroatoms. The first-order valence-corrected chi connectivity index (χ1v) is 24.0. The van der Waals surface area contributed by atoms with Crippen LogP contribution in [0, 0.1) is 10.8 Å². The van der Waals surface area contributed by atoms with Gasteiger partial charge in [0.05, 0.1) is 0 Å². The van der Waals surface area contributed by atoms with Gasteiger partial charge in [-0.1, -0.05) is 217 Å². The fourth-order valence-electron chi connectivity index (χ4n) is 13.5. The summed E-state index contributed by atoms with van der Waals surface area (Å²) in [5, 5.41) is 18.1. The highest BCUT2D eigenvalue weighted by atomic mass is 14.6. The van der Waals surface area contributed by atoms with Gasteiger partial charge in [0, 0.05) is 5.41 Å². The molecule has 1 aliphatic rings. The van der Waals surface area contributed by atoms with E-state index >= 15 is 0 Å². The molecule has 0 saturated heterocycles. The van der Waals surface area contributed by atoms with Crippen molar-refractivity contribution in [2.45, 2.75) is 47.0 Å². The van der Waals surface area contributed by atoms with E-state index in [9.17, 15) is 0 Å². The summed E-state index contributed by atoms with van der Waals surface area (Å²) in [6.07, 6.45) is 0. The molecule has 0 saturated carbocycles.